The third kappa shape index (κ3) is 2.54. The number of rotatable bonds is 2. The lowest BCUT2D eigenvalue weighted by Gasteiger charge is -2.28. The maximum Gasteiger partial charge on any atom is 0.0398 e. The van der Waals surface area contributed by atoms with Crippen LogP contribution in [0.15, 0.2) is 24.3 Å². The van der Waals surface area contributed by atoms with Crippen LogP contribution in [0.1, 0.15) is 37.7 Å². The molecule has 0 bridgehead atoms. The zero-order chi connectivity index (χ0) is 12.4. The number of benzene rings is 1. The van der Waals surface area contributed by atoms with E-state index in [2.05, 4.69) is 29.2 Å². The molecule has 1 aliphatic heterocycles. The zero-order valence-electron chi connectivity index (χ0n) is 11.1. The molecule has 1 aromatic carbocycles. The summed E-state index contributed by atoms with van der Waals surface area (Å²) in [6, 6.07) is 9.41. The molecule has 1 aromatic rings. The Kier molecular flexibility index (Phi) is 3.55. The minimum Gasteiger partial charge on any atom is -0.371 e. The predicted molar refractivity (Wildman–Crippen MR) is 76.9 cm³/mol. The van der Waals surface area contributed by atoms with E-state index >= 15 is 0 Å². The van der Waals surface area contributed by atoms with Crippen LogP contribution in [0.4, 0.5) is 5.69 Å². The second-order valence-electron chi connectivity index (χ2n) is 5.97. The highest BCUT2D eigenvalue weighted by Crippen LogP contribution is 2.30. The van der Waals surface area contributed by atoms with Gasteiger partial charge >= 0.3 is 0 Å². The Morgan fingerprint density at radius 2 is 2.06 bits per heavy atom. The van der Waals surface area contributed by atoms with Crippen molar-refractivity contribution >= 4 is 5.69 Å². The summed E-state index contributed by atoms with van der Waals surface area (Å²) in [6.07, 6.45) is 7.67. The minimum absolute atomic E-state index is 0.456. The summed E-state index contributed by atoms with van der Waals surface area (Å²) in [6.45, 7) is 2.44. The third-order valence-electron chi connectivity index (χ3n) is 4.52. The van der Waals surface area contributed by atoms with Crippen molar-refractivity contribution in [3.63, 3.8) is 0 Å². The lowest BCUT2D eigenvalue weighted by atomic mass is 10.1. The highest BCUT2D eigenvalue weighted by atomic mass is 15.1. The Bertz CT molecular complexity index is 402. The molecular formula is C16H24N2. The van der Waals surface area contributed by atoms with Gasteiger partial charge in [0.2, 0.25) is 0 Å². The van der Waals surface area contributed by atoms with Gasteiger partial charge in [-0.15, -0.1) is 0 Å². The molecule has 2 atom stereocenters. The highest BCUT2D eigenvalue weighted by molar-refractivity contribution is 5.54. The van der Waals surface area contributed by atoms with Gasteiger partial charge in [-0.2, -0.15) is 0 Å². The van der Waals surface area contributed by atoms with E-state index < -0.39 is 0 Å². The van der Waals surface area contributed by atoms with Crippen molar-refractivity contribution in [3.8, 4) is 0 Å². The molecule has 98 valence electrons. The van der Waals surface area contributed by atoms with Crippen LogP contribution in [-0.2, 0) is 6.42 Å². The van der Waals surface area contributed by atoms with Crippen LogP contribution in [0.3, 0.4) is 0 Å². The molecule has 2 unspecified atom stereocenters. The van der Waals surface area contributed by atoms with E-state index in [4.69, 9.17) is 5.73 Å². The van der Waals surface area contributed by atoms with Crippen molar-refractivity contribution in [2.75, 3.05) is 18.0 Å². The topological polar surface area (TPSA) is 29.3 Å². The van der Waals surface area contributed by atoms with Crippen molar-refractivity contribution < 1.29 is 0 Å². The van der Waals surface area contributed by atoms with Crippen LogP contribution < -0.4 is 10.6 Å². The molecule has 0 amide bonds. The zero-order valence-corrected chi connectivity index (χ0v) is 11.1. The van der Waals surface area contributed by atoms with Crippen LogP contribution >= 0.6 is 0 Å². The van der Waals surface area contributed by atoms with Crippen molar-refractivity contribution in [2.45, 2.75) is 44.6 Å². The van der Waals surface area contributed by atoms with E-state index in [1.807, 2.05) is 0 Å². The molecule has 1 fully saturated rings. The fraction of sp³-hybridized carbons (Fsp3) is 0.625. The Morgan fingerprint density at radius 1 is 1.17 bits per heavy atom. The fourth-order valence-electron chi connectivity index (χ4n) is 3.55. The monoisotopic (exact) mass is 244 g/mol. The fourth-order valence-corrected chi connectivity index (χ4v) is 3.55. The van der Waals surface area contributed by atoms with Gasteiger partial charge in [0.05, 0.1) is 0 Å². The SMILES string of the molecule is NC1CCC(CN2CCCCc3ccccc32)C1. The van der Waals surface area contributed by atoms with Gasteiger partial charge in [-0.05, 0) is 56.1 Å². The molecular weight excluding hydrogens is 220 g/mol. The van der Waals surface area contributed by atoms with Crippen molar-refractivity contribution in [1.29, 1.82) is 0 Å². The van der Waals surface area contributed by atoms with Crippen LogP contribution in [0.5, 0.6) is 0 Å². The molecule has 0 radical (unpaired) electrons. The van der Waals surface area contributed by atoms with E-state index in [1.165, 1.54) is 62.9 Å². The number of hydrogen-bond donors (Lipinski definition) is 1. The van der Waals surface area contributed by atoms with Crippen LogP contribution in [0.25, 0.3) is 0 Å². The molecule has 2 heteroatoms. The van der Waals surface area contributed by atoms with Crippen LogP contribution in [0, 0.1) is 5.92 Å². The lowest BCUT2D eigenvalue weighted by molar-refractivity contribution is 0.519. The standard InChI is InChI=1S/C16H24N2/c17-15-9-8-13(11-15)12-18-10-4-3-6-14-5-1-2-7-16(14)18/h1-2,5,7,13,15H,3-4,6,8-12,17H2. The van der Waals surface area contributed by atoms with Crippen LogP contribution in [-0.4, -0.2) is 19.1 Å². The average Bonchev–Trinajstić information content (AvgIpc) is 2.68. The quantitative estimate of drug-likeness (QED) is 0.866. The molecule has 1 aliphatic carbocycles. The normalized spacial score (nSPS) is 27.9. The molecule has 1 saturated carbocycles. The Morgan fingerprint density at radius 3 is 2.89 bits per heavy atom. The van der Waals surface area contributed by atoms with E-state index in [1.54, 1.807) is 0 Å². The molecule has 0 spiro atoms. The van der Waals surface area contributed by atoms with Gasteiger partial charge in [0.1, 0.15) is 0 Å². The van der Waals surface area contributed by atoms with Gasteiger partial charge in [0.25, 0.3) is 0 Å². The first-order valence-corrected chi connectivity index (χ1v) is 7.41. The number of anilines is 1. The van der Waals surface area contributed by atoms with Gasteiger partial charge < -0.3 is 10.6 Å². The van der Waals surface area contributed by atoms with E-state index in [9.17, 15) is 0 Å². The van der Waals surface area contributed by atoms with E-state index in [0.29, 0.717) is 6.04 Å². The van der Waals surface area contributed by atoms with E-state index in [0.717, 1.165) is 5.92 Å². The first-order chi connectivity index (χ1) is 8.83. The molecule has 0 saturated heterocycles. The first-order valence-electron chi connectivity index (χ1n) is 7.41. The number of hydrogen-bond acceptors (Lipinski definition) is 2. The molecule has 18 heavy (non-hydrogen) atoms. The van der Waals surface area contributed by atoms with Gasteiger partial charge in [-0.1, -0.05) is 18.2 Å². The predicted octanol–water partition coefficient (Wildman–Crippen LogP) is 2.96. The number of fused-ring (bicyclic) bond motifs is 1. The maximum atomic E-state index is 6.04. The largest absolute Gasteiger partial charge is 0.371 e. The Hall–Kier alpha value is -1.02. The second kappa shape index (κ2) is 5.31. The molecule has 2 nitrogen and oxygen atoms in total. The summed E-state index contributed by atoms with van der Waals surface area (Å²) < 4.78 is 0. The smallest absolute Gasteiger partial charge is 0.0398 e. The van der Waals surface area contributed by atoms with E-state index in [-0.39, 0.29) is 0 Å². The third-order valence-corrected chi connectivity index (χ3v) is 4.52. The van der Waals surface area contributed by atoms with Gasteiger partial charge in [-0.25, -0.2) is 0 Å². The van der Waals surface area contributed by atoms with Gasteiger partial charge in [0.15, 0.2) is 0 Å². The van der Waals surface area contributed by atoms with Crippen molar-refractivity contribution in [1.82, 2.24) is 0 Å². The van der Waals surface area contributed by atoms with Gasteiger partial charge in [-0.3, -0.25) is 0 Å². The highest BCUT2D eigenvalue weighted by Gasteiger charge is 2.25. The number of nitrogens with zero attached hydrogens (tertiary/aromatic N) is 1. The molecule has 0 aromatic heterocycles. The summed E-state index contributed by atoms with van der Waals surface area (Å²) >= 11 is 0. The summed E-state index contributed by atoms with van der Waals surface area (Å²) in [5.74, 6) is 0.811. The summed E-state index contributed by atoms with van der Waals surface area (Å²) in [5.41, 5.74) is 9.06. The maximum absolute atomic E-state index is 6.04. The van der Waals surface area contributed by atoms with Crippen LogP contribution in [0.2, 0.25) is 0 Å². The summed E-state index contributed by atoms with van der Waals surface area (Å²) in [4.78, 5) is 2.62. The first kappa shape index (κ1) is 12.0. The second-order valence-corrected chi connectivity index (χ2v) is 5.97. The Labute approximate surface area is 110 Å². The number of aryl methyl sites for hydroxylation is 1. The molecule has 2 N–H and O–H groups in total. The summed E-state index contributed by atoms with van der Waals surface area (Å²) in [5, 5.41) is 0. The summed E-state index contributed by atoms with van der Waals surface area (Å²) in [7, 11) is 0. The van der Waals surface area contributed by atoms with Gasteiger partial charge in [0, 0.05) is 24.8 Å². The lowest BCUT2D eigenvalue weighted by Crippen LogP contribution is -2.30. The molecule has 1 heterocycles. The average molecular weight is 244 g/mol. The van der Waals surface area contributed by atoms with Crippen molar-refractivity contribution in [2.24, 2.45) is 11.7 Å². The Balaban J connectivity index is 1.75. The number of para-hydroxylation sites is 1. The van der Waals surface area contributed by atoms with Crippen molar-refractivity contribution in [3.05, 3.63) is 29.8 Å². The number of nitrogens with two attached hydrogens (primary N) is 1. The molecule has 2 aliphatic rings. The molecule has 3 rings (SSSR count). The minimum atomic E-state index is 0.456.